The van der Waals surface area contributed by atoms with Gasteiger partial charge in [-0.25, -0.2) is 4.52 Å². The topological polar surface area (TPSA) is 127 Å². The molecule has 0 aliphatic carbocycles. The van der Waals surface area contributed by atoms with Crippen LogP contribution in [0.4, 0.5) is 0 Å². The number of nitrogens with one attached hydrogen (secondary N) is 2. The second kappa shape index (κ2) is 16.5. The van der Waals surface area contributed by atoms with E-state index in [4.69, 9.17) is 4.52 Å². The summed E-state index contributed by atoms with van der Waals surface area (Å²) in [5.41, 5.74) is 2.30. The molecule has 0 fully saturated rings. The summed E-state index contributed by atoms with van der Waals surface area (Å²) in [4.78, 5) is 52.9. The van der Waals surface area contributed by atoms with E-state index in [-0.39, 0.29) is 18.4 Å². The number of carboxylic acid groups (broad SMARTS) is 1. The molecule has 248 valence electrons. The van der Waals surface area contributed by atoms with Crippen LogP contribution in [0.25, 0.3) is 10.9 Å². The Morgan fingerprint density at radius 3 is 1.91 bits per heavy atom. The van der Waals surface area contributed by atoms with Crippen LogP contribution in [0.2, 0.25) is 0 Å². The van der Waals surface area contributed by atoms with Crippen molar-refractivity contribution in [2.45, 2.75) is 59.0 Å². The van der Waals surface area contributed by atoms with E-state index in [1.165, 1.54) is 0 Å². The van der Waals surface area contributed by atoms with Gasteiger partial charge in [0.05, 0.1) is 6.42 Å². The third-order valence-electron chi connectivity index (χ3n) is 7.88. The second-order valence-corrected chi connectivity index (χ2v) is 14.7. The van der Waals surface area contributed by atoms with Crippen molar-refractivity contribution in [1.29, 1.82) is 0 Å². The quantitative estimate of drug-likeness (QED) is 0.148. The average molecular weight is 659 g/mol. The summed E-state index contributed by atoms with van der Waals surface area (Å²) in [7, 11) is 0.00425. The molecule has 3 aromatic carbocycles. The fourth-order valence-electron chi connectivity index (χ4n) is 5.75. The predicted molar refractivity (Wildman–Crippen MR) is 188 cm³/mol. The number of carboxylic acids is 1. The molecule has 0 saturated heterocycles. The van der Waals surface area contributed by atoms with E-state index in [2.05, 4.69) is 24.5 Å². The van der Waals surface area contributed by atoms with Crippen LogP contribution in [0.15, 0.2) is 84.9 Å². The zero-order chi connectivity index (χ0) is 34.1. The normalized spacial score (nSPS) is 12.8. The average Bonchev–Trinajstić information content (AvgIpc) is 3.31. The van der Waals surface area contributed by atoms with Gasteiger partial charge in [0.15, 0.2) is 20.5 Å². The number of para-hydroxylation sites is 1. The maximum atomic E-state index is 13.9. The van der Waals surface area contributed by atoms with Crippen molar-refractivity contribution in [3.8, 4) is 0 Å². The number of nitrogens with zero attached hydrogens (tertiary/aromatic N) is 1. The van der Waals surface area contributed by atoms with Gasteiger partial charge >= 0.3 is 5.97 Å². The van der Waals surface area contributed by atoms with Gasteiger partial charge in [-0.2, -0.15) is 0 Å². The molecular formula is C37H45N3O6P+. The van der Waals surface area contributed by atoms with Gasteiger partial charge in [-0.3, -0.25) is 19.2 Å². The number of rotatable bonds is 16. The molecule has 0 saturated carbocycles. The molecule has 0 bridgehead atoms. The molecule has 2 amide bonds. The summed E-state index contributed by atoms with van der Waals surface area (Å²) in [6, 6.07) is 24.6. The highest BCUT2D eigenvalue weighted by Crippen LogP contribution is 2.34. The van der Waals surface area contributed by atoms with Gasteiger partial charge in [0, 0.05) is 18.0 Å². The van der Waals surface area contributed by atoms with Gasteiger partial charge < -0.3 is 20.3 Å². The van der Waals surface area contributed by atoms with Crippen molar-refractivity contribution >= 4 is 53.2 Å². The number of hydrogen-bond acceptors (Lipinski definition) is 5. The van der Waals surface area contributed by atoms with Crippen molar-refractivity contribution in [3.63, 3.8) is 0 Å². The number of carbonyl (C=O) groups is 4. The Kier molecular flexibility index (Phi) is 12.5. The van der Waals surface area contributed by atoms with Crippen molar-refractivity contribution in [2.24, 2.45) is 18.9 Å². The van der Waals surface area contributed by atoms with Gasteiger partial charge in [-0.15, -0.1) is 0 Å². The zero-order valence-corrected chi connectivity index (χ0v) is 28.7. The van der Waals surface area contributed by atoms with Gasteiger partial charge in [0.25, 0.3) is 5.91 Å². The summed E-state index contributed by atoms with van der Waals surface area (Å²) >= 11 is 0. The summed E-state index contributed by atoms with van der Waals surface area (Å²) in [6.45, 7) is 7.65. The third-order valence-corrected chi connectivity index (χ3v) is 10.0. The number of aryl methyl sites for hydroxylation is 1. The lowest BCUT2D eigenvalue weighted by molar-refractivity contribution is -0.140. The van der Waals surface area contributed by atoms with Crippen LogP contribution in [-0.4, -0.2) is 51.9 Å². The Bertz CT molecular complexity index is 1650. The van der Waals surface area contributed by atoms with Crippen molar-refractivity contribution in [2.75, 3.05) is 6.61 Å². The molecular weight excluding hydrogens is 613 g/mol. The molecule has 4 rings (SSSR count). The molecule has 0 aliphatic heterocycles. The fraction of sp³-hybridized carbons (Fsp3) is 0.351. The smallest absolute Gasteiger partial charge is 0.305 e. The molecule has 1 aromatic heterocycles. The molecule has 47 heavy (non-hydrogen) atoms. The Morgan fingerprint density at radius 2 is 1.36 bits per heavy atom. The molecule has 9 nitrogen and oxygen atoms in total. The van der Waals surface area contributed by atoms with Crippen LogP contribution in [0, 0.1) is 11.8 Å². The van der Waals surface area contributed by atoms with Crippen LogP contribution in [0.1, 0.15) is 56.6 Å². The number of benzene rings is 3. The molecule has 0 radical (unpaired) electrons. The van der Waals surface area contributed by atoms with Crippen molar-refractivity contribution < 1.29 is 28.8 Å². The number of aromatic nitrogens is 1. The lowest BCUT2D eigenvalue weighted by Crippen LogP contribution is -2.53. The van der Waals surface area contributed by atoms with Crippen molar-refractivity contribution in [1.82, 2.24) is 15.2 Å². The zero-order valence-electron chi connectivity index (χ0n) is 27.7. The Balaban J connectivity index is 1.54. The van der Waals surface area contributed by atoms with Crippen LogP contribution in [0.3, 0.4) is 0 Å². The molecule has 0 aliphatic rings. The molecule has 4 aromatic rings. The van der Waals surface area contributed by atoms with Crippen molar-refractivity contribution in [3.05, 3.63) is 96.2 Å². The van der Waals surface area contributed by atoms with Crippen LogP contribution >= 0.6 is 8.15 Å². The van der Waals surface area contributed by atoms with Gasteiger partial charge in [-0.05, 0) is 60.6 Å². The lowest BCUT2D eigenvalue weighted by Gasteiger charge is -2.24. The monoisotopic (exact) mass is 658 g/mol. The molecule has 2 atom stereocenters. The number of fused-ring (bicyclic) bond motifs is 1. The number of hydrogen-bond donors (Lipinski definition) is 3. The maximum absolute atomic E-state index is 13.9. The van der Waals surface area contributed by atoms with E-state index >= 15 is 0 Å². The standard InChI is InChI=1S/C37H44N3O6P/c1-24(2)20-29-28-18-12-13-19-32(28)40(5)35(29)37(45)39-31(21-25(3)4)36(44)38-30(22-34(42)43)33(41)23-46-47(26-14-8-6-9-15-26)27-16-10-7-11-17-27/h6-19,24-25,30-31H,20-23H2,1-5H3,(H,38,44)(H,39,45)(H,42,43)/p+1/t30?,31-/m0/s1. The number of amides is 2. The first-order valence-corrected chi connectivity index (χ1v) is 17.4. The fourth-order valence-corrected chi connectivity index (χ4v) is 7.70. The first-order chi connectivity index (χ1) is 22.5. The Hall–Kier alpha value is -4.33. The van der Waals surface area contributed by atoms with E-state index < -0.39 is 50.2 Å². The van der Waals surface area contributed by atoms with Crippen LogP contribution < -0.4 is 21.2 Å². The van der Waals surface area contributed by atoms with E-state index in [0.717, 1.165) is 27.1 Å². The Labute approximate surface area is 277 Å². The van der Waals surface area contributed by atoms with E-state index in [9.17, 15) is 24.3 Å². The van der Waals surface area contributed by atoms with Gasteiger partial charge in [-0.1, -0.05) is 82.3 Å². The number of carbonyl (C=O) groups excluding carboxylic acids is 3. The summed E-state index contributed by atoms with van der Waals surface area (Å²) < 4.78 is 8.04. The van der Waals surface area contributed by atoms with Gasteiger partial charge in [0.2, 0.25) is 5.91 Å². The lowest BCUT2D eigenvalue weighted by atomic mass is 9.98. The summed E-state index contributed by atoms with van der Waals surface area (Å²) in [5.74, 6) is -2.50. The molecule has 0 spiro atoms. The maximum Gasteiger partial charge on any atom is 0.305 e. The minimum absolute atomic E-state index is 0.0209. The highest BCUT2D eigenvalue weighted by molar-refractivity contribution is 7.68. The van der Waals surface area contributed by atoms with Crippen LogP contribution in [-0.2, 0) is 32.4 Å². The first-order valence-electron chi connectivity index (χ1n) is 16.0. The molecule has 1 heterocycles. The minimum Gasteiger partial charge on any atom is -0.481 e. The van der Waals surface area contributed by atoms with Crippen LogP contribution in [0.5, 0.6) is 0 Å². The SMILES string of the molecule is CC(C)Cc1c(C(=O)N[C@@H](CC(C)C)C(=O)NC(CC(=O)O)C(=O)CO[PH+](c2ccccc2)c2ccccc2)n(C)c2ccccc12. The third kappa shape index (κ3) is 9.37. The van der Waals surface area contributed by atoms with E-state index in [1.807, 2.05) is 110 Å². The highest BCUT2D eigenvalue weighted by Gasteiger charge is 2.33. The first kappa shape index (κ1) is 35.5. The number of ketones is 1. The summed E-state index contributed by atoms with van der Waals surface area (Å²) in [6.07, 6.45) is 0.354. The molecule has 10 heteroatoms. The van der Waals surface area contributed by atoms with Gasteiger partial charge in [0.1, 0.15) is 28.4 Å². The second-order valence-electron chi connectivity index (χ2n) is 12.6. The number of aliphatic carboxylic acids is 1. The minimum atomic E-state index is -1.83. The Morgan fingerprint density at radius 1 is 0.787 bits per heavy atom. The van der Waals surface area contributed by atoms with E-state index in [0.29, 0.717) is 18.5 Å². The number of Topliss-reactive ketones (excluding diaryl/α,β-unsaturated/α-hetero) is 1. The largest absolute Gasteiger partial charge is 0.481 e. The summed E-state index contributed by atoms with van der Waals surface area (Å²) in [5, 5.41) is 18.1. The molecule has 3 N–H and O–H groups in total. The highest BCUT2D eigenvalue weighted by atomic mass is 31.1. The van der Waals surface area contributed by atoms with E-state index in [1.54, 1.807) is 0 Å². The molecule has 1 unspecified atom stereocenters. The predicted octanol–water partition coefficient (Wildman–Crippen LogP) is 4.85.